The number of carbonyl (C=O) groups is 1. The number of fused-ring (bicyclic) bond motifs is 4. The number of pyridine rings is 2. The summed E-state index contributed by atoms with van der Waals surface area (Å²) in [4.78, 5) is 25.0. The van der Waals surface area contributed by atoms with Crippen LogP contribution < -0.4 is 10.6 Å². The summed E-state index contributed by atoms with van der Waals surface area (Å²) in [5.41, 5.74) is 10.7. The molecule has 0 atom stereocenters. The molecular weight excluding hydrogens is 488 g/mol. The Morgan fingerprint density at radius 2 is 1.97 bits per heavy atom. The fourth-order valence-corrected chi connectivity index (χ4v) is 6.54. The second kappa shape index (κ2) is 9.77. The normalized spacial score (nSPS) is 17.1. The number of benzene rings is 1. The zero-order chi connectivity index (χ0) is 26.5. The number of carbonyl (C=O) groups excluding carboxylic acids is 1. The van der Waals surface area contributed by atoms with E-state index in [1.165, 1.54) is 23.2 Å². The van der Waals surface area contributed by atoms with Crippen molar-refractivity contribution in [3.05, 3.63) is 76.2 Å². The van der Waals surface area contributed by atoms with Crippen LogP contribution in [0.25, 0.3) is 16.9 Å². The van der Waals surface area contributed by atoms with Gasteiger partial charge in [0.15, 0.2) is 0 Å². The molecule has 3 aliphatic rings. The summed E-state index contributed by atoms with van der Waals surface area (Å²) >= 11 is 0. The number of aryl methyl sites for hydroxylation is 2. The summed E-state index contributed by atoms with van der Waals surface area (Å²) in [7, 11) is 4.14. The molecule has 8 heteroatoms. The van der Waals surface area contributed by atoms with E-state index in [0.717, 1.165) is 85.1 Å². The Labute approximate surface area is 228 Å². The van der Waals surface area contributed by atoms with Crippen molar-refractivity contribution in [2.24, 2.45) is 0 Å². The standard InChI is InChI=1S/C31H34N6O2/c1-36(2)18-25-21(19-12-14-39-15-13-19)8-10-28(35-25)34-24-9-7-22(23-16-33-31(38)30(23)24)27-17-32-29-11-6-20-4-3-5-26(20)37(27)29/h6-11,17,19H,3-5,12-16,18H2,1-2H3,(H,33,38)(H,34,35). The largest absolute Gasteiger partial charge is 0.381 e. The van der Waals surface area contributed by atoms with Gasteiger partial charge in [0.1, 0.15) is 11.5 Å². The maximum absolute atomic E-state index is 13.1. The Kier molecular flexibility index (Phi) is 6.09. The number of imidazole rings is 1. The molecule has 2 aliphatic heterocycles. The molecule has 8 nitrogen and oxygen atoms in total. The van der Waals surface area contributed by atoms with Crippen molar-refractivity contribution in [1.82, 2.24) is 24.6 Å². The summed E-state index contributed by atoms with van der Waals surface area (Å²) in [6, 6.07) is 12.7. The zero-order valence-corrected chi connectivity index (χ0v) is 22.6. The molecule has 1 aliphatic carbocycles. The molecule has 7 rings (SSSR count). The second-order valence-electron chi connectivity index (χ2n) is 11.2. The third-order valence-electron chi connectivity index (χ3n) is 8.36. The van der Waals surface area contributed by atoms with E-state index in [-0.39, 0.29) is 5.91 Å². The quantitative estimate of drug-likeness (QED) is 0.378. The molecule has 1 amide bonds. The van der Waals surface area contributed by atoms with E-state index < -0.39 is 0 Å². The van der Waals surface area contributed by atoms with Gasteiger partial charge in [0, 0.05) is 37.6 Å². The lowest BCUT2D eigenvalue weighted by Gasteiger charge is -2.25. The molecule has 0 spiro atoms. The van der Waals surface area contributed by atoms with Gasteiger partial charge < -0.3 is 20.3 Å². The van der Waals surface area contributed by atoms with Crippen LogP contribution in [0.4, 0.5) is 11.5 Å². The molecule has 3 aromatic heterocycles. The summed E-state index contributed by atoms with van der Waals surface area (Å²) in [5, 5.41) is 6.55. The molecule has 1 aromatic carbocycles. The van der Waals surface area contributed by atoms with Crippen molar-refractivity contribution in [3.8, 4) is 11.3 Å². The molecule has 0 saturated carbocycles. The lowest BCUT2D eigenvalue weighted by molar-refractivity contribution is 0.0849. The first-order chi connectivity index (χ1) is 19.1. The fraction of sp³-hybridized carbons (Fsp3) is 0.387. The summed E-state index contributed by atoms with van der Waals surface area (Å²) in [6.07, 6.45) is 7.33. The van der Waals surface area contributed by atoms with Crippen LogP contribution in [0.3, 0.4) is 0 Å². The molecule has 1 fully saturated rings. The molecule has 4 aromatic rings. The van der Waals surface area contributed by atoms with Crippen molar-refractivity contribution in [2.75, 3.05) is 32.6 Å². The highest BCUT2D eigenvalue weighted by Gasteiger charge is 2.28. The Bertz CT molecular complexity index is 1580. The van der Waals surface area contributed by atoms with Gasteiger partial charge in [-0.05, 0) is 87.0 Å². The van der Waals surface area contributed by atoms with Gasteiger partial charge in [-0.3, -0.25) is 9.20 Å². The van der Waals surface area contributed by atoms with Crippen molar-refractivity contribution < 1.29 is 9.53 Å². The van der Waals surface area contributed by atoms with Crippen LogP contribution in [0.1, 0.15) is 63.6 Å². The predicted molar refractivity (Wildman–Crippen MR) is 152 cm³/mol. The van der Waals surface area contributed by atoms with Gasteiger partial charge in [-0.25, -0.2) is 9.97 Å². The van der Waals surface area contributed by atoms with Crippen molar-refractivity contribution in [2.45, 2.75) is 51.1 Å². The van der Waals surface area contributed by atoms with E-state index in [4.69, 9.17) is 14.7 Å². The van der Waals surface area contributed by atoms with Crippen molar-refractivity contribution in [3.63, 3.8) is 0 Å². The van der Waals surface area contributed by atoms with Gasteiger partial charge in [-0.15, -0.1) is 0 Å². The molecule has 2 N–H and O–H groups in total. The van der Waals surface area contributed by atoms with E-state index in [1.54, 1.807) is 0 Å². The third-order valence-corrected chi connectivity index (χ3v) is 8.36. The number of hydrogen-bond donors (Lipinski definition) is 2. The smallest absolute Gasteiger partial charge is 0.254 e. The highest BCUT2D eigenvalue weighted by molar-refractivity contribution is 6.06. The van der Waals surface area contributed by atoms with Crippen LogP contribution in [0.5, 0.6) is 0 Å². The van der Waals surface area contributed by atoms with Gasteiger partial charge >= 0.3 is 0 Å². The molecule has 39 heavy (non-hydrogen) atoms. The zero-order valence-electron chi connectivity index (χ0n) is 22.6. The van der Waals surface area contributed by atoms with Crippen molar-refractivity contribution >= 4 is 23.1 Å². The van der Waals surface area contributed by atoms with E-state index in [2.05, 4.69) is 58.3 Å². The molecule has 0 bridgehead atoms. The highest BCUT2D eigenvalue weighted by atomic mass is 16.5. The minimum Gasteiger partial charge on any atom is -0.381 e. The number of nitrogens with zero attached hydrogens (tertiary/aromatic N) is 4. The molecule has 0 radical (unpaired) electrons. The number of anilines is 2. The van der Waals surface area contributed by atoms with Gasteiger partial charge in [-0.2, -0.15) is 0 Å². The Balaban J connectivity index is 1.27. The maximum atomic E-state index is 13.1. The lowest BCUT2D eigenvalue weighted by Crippen LogP contribution is -2.19. The first-order valence-corrected chi connectivity index (χ1v) is 14.0. The molecule has 1 saturated heterocycles. The predicted octanol–water partition coefficient (Wildman–Crippen LogP) is 4.83. The Hall–Kier alpha value is -3.75. The minimum atomic E-state index is -0.0549. The number of rotatable bonds is 6. The second-order valence-corrected chi connectivity index (χ2v) is 11.2. The molecule has 5 heterocycles. The Morgan fingerprint density at radius 1 is 1.10 bits per heavy atom. The van der Waals surface area contributed by atoms with E-state index in [1.807, 2.05) is 18.3 Å². The summed E-state index contributed by atoms with van der Waals surface area (Å²) < 4.78 is 7.88. The maximum Gasteiger partial charge on any atom is 0.254 e. The van der Waals surface area contributed by atoms with Crippen LogP contribution in [0.2, 0.25) is 0 Å². The van der Waals surface area contributed by atoms with Gasteiger partial charge in [0.05, 0.1) is 28.8 Å². The van der Waals surface area contributed by atoms with Crippen molar-refractivity contribution in [1.29, 1.82) is 0 Å². The van der Waals surface area contributed by atoms with Crippen LogP contribution >= 0.6 is 0 Å². The molecular formula is C31H34N6O2. The van der Waals surface area contributed by atoms with Crippen LogP contribution in [0.15, 0.2) is 42.6 Å². The van der Waals surface area contributed by atoms with Gasteiger partial charge in [0.25, 0.3) is 5.91 Å². The molecule has 0 unspecified atom stereocenters. The number of nitrogens with one attached hydrogen (secondary N) is 2. The van der Waals surface area contributed by atoms with Gasteiger partial charge in [0.2, 0.25) is 0 Å². The van der Waals surface area contributed by atoms with E-state index >= 15 is 0 Å². The fourth-order valence-electron chi connectivity index (χ4n) is 6.54. The van der Waals surface area contributed by atoms with Crippen LogP contribution in [-0.2, 0) is 30.7 Å². The number of ether oxygens (including phenoxy) is 1. The highest BCUT2D eigenvalue weighted by Crippen LogP contribution is 2.37. The first-order valence-electron chi connectivity index (χ1n) is 14.0. The lowest BCUT2D eigenvalue weighted by atomic mass is 9.90. The number of hydrogen-bond acceptors (Lipinski definition) is 6. The van der Waals surface area contributed by atoms with Gasteiger partial charge in [-0.1, -0.05) is 18.2 Å². The average Bonchev–Trinajstić information content (AvgIpc) is 3.68. The number of aromatic nitrogens is 3. The number of amides is 1. The SMILES string of the molecule is CN(C)Cc1nc(Nc2ccc(-c3cnc4ccc5c(n34)CCC5)c3c2C(=O)NC3)ccc1C1CCOCC1. The molecule has 200 valence electrons. The topological polar surface area (TPSA) is 83.8 Å². The summed E-state index contributed by atoms with van der Waals surface area (Å²) in [5.74, 6) is 1.17. The Morgan fingerprint density at radius 3 is 2.82 bits per heavy atom. The van der Waals surface area contributed by atoms with E-state index in [0.29, 0.717) is 18.0 Å². The first kappa shape index (κ1) is 24.3. The van der Waals surface area contributed by atoms with E-state index in [9.17, 15) is 4.79 Å². The monoisotopic (exact) mass is 522 g/mol. The van der Waals surface area contributed by atoms with Crippen LogP contribution in [-0.4, -0.2) is 52.5 Å². The minimum absolute atomic E-state index is 0.0549. The average molecular weight is 523 g/mol. The van der Waals surface area contributed by atoms with Crippen LogP contribution in [0, 0.1) is 0 Å². The third kappa shape index (κ3) is 4.28. The summed E-state index contributed by atoms with van der Waals surface area (Å²) in [6.45, 7) is 2.87.